The Balaban J connectivity index is 2.59. The molecule has 0 aliphatic rings. The summed E-state index contributed by atoms with van der Waals surface area (Å²) in [4.78, 5) is 15.6. The maximum atomic E-state index is 13.5. The minimum Gasteiger partial charge on any atom is -0.383 e. The van der Waals surface area contributed by atoms with Crippen molar-refractivity contribution in [1.29, 1.82) is 0 Å². The number of nitrogens with two attached hydrogens (primary N) is 1. The van der Waals surface area contributed by atoms with Crippen molar-refractivity contribution >= 4 is 23.2 Å². The van der Waals surface area contributed by atoms with Gasteiger partial charge < -0.3 is 5.73 Å². The number of benzene rings is 1. The first kappa shape index (κ1) is 13.4. The second-order valence-corrected chi connectivity index (χ2v) is 4.10. The largest absolute Gasteiger partial charge is 0.383 e. The molecule has 98 valence electrons. The van der Waals surface area contributed by atoms with Gasteiger partial charge in [-0.1, -0.05) is 11.6 Å². The fraction of sp³-hybridized carbons (Fsp3) is 0. The lowest BCUT2D eigenvalue weighted by Crippen LogP contribution is -2.11. The molecule has 0 radical (unpaired) electrons. The topological polar surface area (TPSA) is 56.0 Å². The summed E-state index contributed by atoms with van der Waals surface area (Å²) in [6.07, 6.45) is 1.19. The Bertz CT molecular complexity index is 653. The van der Waals surface area contributed by atoms with Gasteiger partial charge in [-0.25, -0.2) is 18.2 Å². The van der Waals surface area contributed by atoms with E-state index < -0.39 is 28.8 Å². The van der Waals surface area contributed by atoms with Crippen molar-refractivity contribution in [2.24, 2.45) is 0 Å². The molecule has 19 heavy (non-hydrogen) atoms. The minimum absolute atomic E-state index is 0.0838. The summed E-state index contributed by atoms with van der Waals surface area (Å²) in [5, 5.41) is 0.0838. The number of rotatable bonds is 2. The van der Waals surface area contributed by atoms with E-state index in [0.29, 0.717) is 12.1 Å². The van der Waals surface area contributed by atoms with Crippen LogP contribution >= 0.6 is 11.6 Å². The monoisotopic (exact) mass is 286 g/mol. The number of carbonyl (C=O) groups is 1. The zero-order valence-electron chi connectivity index (χ0n) is 9.25. The summed E-state index contributed by atoms with van der Waals surface area (Å²) in [5.74, 6) is -5.03. The highest BCUT2D eigenvalue weighted by atomic mass is 35.5. The third-order valence-corrected chi connectivity index (χ3v) is 2.57. The molecule has 2 rings (SSSR count). The van der Waals surface area contributed by atoms with Crippen LogP contribution in [-0.2, 0) is 0 Å². The number of carbonyl (C=O) groups excluding carboxylic acids is 1. The van der Waals surface area contributed by atoms with Crippen LogP contribution < -0.4 is 5.73 Å². The Labute approximate surface area is 110 Å². The first-order chi connectivity index (χ1) is 8.90. The van der Waals surface area contributed by atoms with Gasteiger partial charge in [-0.05, 0) is 6.07 Å². The van der Waals surface area contributed by atoms with Gasteiger partial charge in [-0.15, -0.1) is 0 Å². The van der Waals surface area contributed by atoms with Crippen molar-refractivity contribution in [1.82, 2.24) is 4.98 Å². The summed E-state index contributed by atoms with van der Waals surface area (Å²) in [6.45, 7) is 0. The van der Waals surface area contributed by atoms with Gasteiger partial charge in [0.25, 0.3) is 0 Å². The SMILES string of the molecule is Nc1ncc(Cl)cc1C(=O)c1c(F)cc(F)cc1F. The van der Waals surface area contributed by atoms with Crippen LogP contribution in [0.1, 0.15) is 15.9 Å². The summed E-state index contributed by atoms with van der Waals surface area (Å²) < 4.78 is 39.7. The predicted molar refractivity (Wildman–Crippen MR) is 63.4 cm³/mol. The molecule has 1 heterocycles. The molecule has 2 N–H and O–H groups in total. The van der Waals surface area contributed by atoms with Gasteiger partial charge in [0.1, 0.15) is 23.3 Å². The fourth-order valence-corrected chi connectivity index (χ4v) is 1.68. The Morgan fingerprint density at radius 2 is 1.74 bits per heavy atom. The number of halogens is 4. The molecule has 3 nitrogen and oxygen atoms in total. The van der Waals surface area contributed by atoms with Crippen LogP contribution in [0.4, 0.5) is 19.0 Å². The van der Waals surface area contributed by atoms with Crippen LogP contribution in [0.3, 0.4) is 0 Å². The molecule has 2 aromatic rings. The molecule has 1 aromatic heterocycles. The van der Waals surface area contributed by atoms with E-state index in [4.69, 9.17) is 17.3 Å². The van der Waals surface area contributed by atoms with E-state index in [1.54, 1.807) is 0 Å². The highest BCUT2D eigenvalue weighted by Gasteiger charge is 2.22. The molecule has 0 saturated carbocycles. The summed E-state index contributed by atoms with van der Waals surface area (Å²) in [7, 11) is 0. The van der Waals surface area contributed by atoms with E-state index in [-0.39, 0.29) is 16.4 Å². The first-order valence-corrected chi connectivity index (χ1v) is 5.38. The van der Waals surface area contributed by atoms with Crippen LogP contribution in [0.15, 0.2) is 24.4 Å². The molecule has 1 aromatic carbocycles. The van der Waals surface area contributed by atoms with E-state index in [0.717, 1.165) is 6.07 Å². The van der Waals surface area contributed by atoms with Gasteiger partial charge in [-0.3, -0.25) is 4.79 Å². The second kappa shape index (κ2) is 4.89. The molecule has 0 saturated heterocycles. The molecule has 7 heteroatoms. The quantitative estimate of drug-likeness (QED) is 0.864. The van der Waals surface area contributed by atoms with Crippen molar-refractivity contribution in [3.05, 3.63) is 58.0 Å². The van der Waals surface area contributed by atoms with E-state index in [1.807, 2.05) is 0 Å². The Morgan fingerprint density at radius 1 is 1.16 bits per heavy atom. The van der Waals surface area contributed by atoms with Gasteiger partial charge in [-0.2, -0.15) is 0 Å². The Kier molecular flexibility index (Phi) is 3.44. The average Bonchev–Trinajstić information content (AvgIpc) is 2.30. The fourth-order valence-electron chi connectivity index (χ4n) is 1.53. The number of nitrogen functional groups attached to an aromatic ring is 1. The Morgan fingerprint density at radius 3 is 2.32 bits per heavy atom. The van der Waals surface area contributed by atoms with Crippen molar-refractivity contribution in [2.45, 2.75) is 0 Å². The molecule has 0 amide bonds. The standard InChI is InChI=1S/C12H6ClF3N2O/c13-5-1-7(12(17)18-4-5)11(19)10-8(15)2-6(14)3-9(10)16/h1-4H,(H2,17,18). The summed E-state index contributed by atoms with van der Waals surface area (Å²) in [6, 6.07) is 1.95. The highest BCUT2D eigenvalue weighted by Crippen LogP contribution is 2.23. The van der Waals surface area contributed by atoms with Crippen molar-refractivity contribution in [2.75, 3.05) is 5.73 Å². The molecular formula is C12H6ClF3N2O. The number of ketones is 1. The van der Waals surface area contributed by atoms with E-state index >= 15 is 0 Å². The van der Waals surface area contributed by atoms with Gasteiger partial charge >= 0.3 is 0 Å². The number of hydrogen-bond acceptors (Lipinski definition) is 3. The molecule has 0 unspecified atom stereocenters. The number of anilines is 1. The first-order valence-electron chi connectivity index (χ1n) is 5.00. The normalized spacial score (nSPS) is 10.5. The molecule has 0 aliphatic heterocycles. The predicted octanol–water partition coefficient (Wildman–Crippen LogP) is 2.97. The smallest absolute Gasteiger partial charge is 0.202 e. The molecule has 0 aliphatic carbocycles. The van der Waals surface area contributed by atoms with Crippen molar-refractivity contribution in [3.8, 4) is 0 Å². The highest BCUT2D eigenvalue weighted by molar-refractivity contribution is 6.31. The average molecular weight is 287 g/mol. The second-order valence-electron chi connectivity index (χ2n) is 3.66. The maximum Gasteiger partial charge on any atom is 0.202 e. The zero-order chi connectivity index (χ0) is 14.2. The van der Waals surface area contributed by atoms with Gasteiger partial charge in [0.15, 0.2) is 0 Å². The van der Waals surface area contributed by atoms with E-state index in [1.165, 1.54) is 6.20 Å². The van der Waals surface area contributed by atoms with E-state index in [2.05, 4.69) is 4.98 Å². The summed E-state index contributed by atoms with van der Waals surface area (Å²) in [5.41, 5.74) is 4.29. The molecule has 0 fully saturated rings. The number of pyridine rings is 1. The third-order valence-electron chi connectivity index (χ3n) is 2.36. The minimum atomic E-state index is -1.32. The number of nitrogens with zero attached hydrogens (tertiary/aromatic N) is 1. The lowest BCUT2D eigenvalue weighted by molar-refractivity contribution is 0.103. The maximum absolute atomic E-state index is 13.5. The van der Waals surface area contributed by atoms with E-state index in [9.17, 15) is 18.0 Å². The lowest BCUT2D eigenvalue weighted by Gasteiger charge is -2.07. The van der Waals surface area contributed by atoms with Crippen LogP contribution in [-0.4, -0.2) is 10.8 Å². The van der Waals surface area contributed by atoms with Crippen LogP contribution in [0.5, 0.6) is 0 Å². The molecule has 0 atom stereocenters. The number of aromatic nitrogens is 1. The van der Waals surface area contributed by atoms with Crippen LogP contribution in [0, 0.1) is 17.5 Å². The van der Waals surface area contributed by atoms with Crippen LogP contribution in [0.2, 0.25) is 5.02 Å². The molecular weight excluding hydrogens is 281 g/mol. The van der Waals surface area contributed by atoms with Crippen LogP contribution in [0.25, 0.3) is 0 Å². The van der Waals surface area contributed by atoms with Crippen molar-refractivity contribution < 1.29 is 18.0 Å². The number of hydrogen-bond donors (Lipinski definition) is 1. The van der Waals surface area contributed by atoms with Gasteiger partial charge in [0.2, 0.25) is 5.78 Å². The zero-order valence-corrected chi connectivity index (χ0v) is 10.0. The molecule has 0 spiro atoms. The summed E-state index contributed by atoms with van der Waals surface area (Å²) >= 11 is 5.64. The lowest BCUT2D eigenvalue weighted by atomic mass is 10.0. The Hall–Kier alpha value is -2.08. The van der Waals surface area contributed by atoms with Crippen molar-refractivity contribution in [3.63, 3.8) is 0 Å². The molecule has 0 bridgehead atoms. The third kappa shape index (κ3) is 2.53. The van der Waals surface area contributed by atoms with Gasteiger partial charge in [0, 0.05) is 18.3 Å². The van der Waals surface area contributed by atoms with Gasteiger partial charge in [0.05, 0.1) is 16.1 Å².